The molecule has 1 amide bonds. The minimum Gasteiger partial charge on any atom is -0.497 e. The number of nitrogens with one attached hydrogen (secondary N) is 1. The molecule has 0 unspecified atom stereocenters. The summed E-state index contributed by atoms with van der Waals surface area (Å²) < 4.78 is 30.5. The van der Waals surface area contributed by atoms with Crippen LogP contribution in [0, 0.1) is 0 Å². The summed E-state index contributed by atoms with van der Waals surface area (Å²) in [4.78, 5) is 13.0. The van der Waals surface area contributed by atoms with Gasteiger partial charge in [-0.05, 0) is 41.8 Å². The van der Waals surface area contributed by atoms with Crippen molar-refractivity contribution in [1.82, 2.24) is 5.32 Å². The lowest BCUT2D eigenvalue weighted by Gasteiger charge is -2.07. The molecule has 1 heterocycles. The second-order valence-corrected chi connectivity index (χ2v) is 9.09. The first-order chi connectivity index (χ1) is 12.4. The predicted octanol–water partition coefficient (Wildman–Crippen LogP) is 3.77. The molecule has 0 aliphatic carbocycles. The van der Waals surface area contributed by atoms with E-state index in [0.717, 1.165) is 10.1 Å². The maximum absolute atomic E-state index is 12.3. The van der Waals surface area contributed by atoms with E-state index in [0.29, 0.717) is 15.6 Å². The van der Waals surface area contributed by atoms with E-state index < -0.39 is 9.84 Å². The maximum Gasteiger partial charge on any atom is 0.261 e. The lowest BCUT2D eigenvalue weighted by atomic mass is 10.2. The molecule has 0 bridgehead atoms. The number of carbonyl (C=O) groups excluding carboxylic acids is 1. The molecule has 26 heavy (non-hydrogen) atoms. The van der Waals surface area contributed by atoms with E-state index in [4.69, 9.17) is 16.3 Å². The largest absolute Gasteiger partial charge is 0.497 e. The summed E-state index contributed by atoms with van der Waals surface area (Å²) in [7, 11) is -1.97. The van der Waals surface area contributed by atoms with Gasteiger partial charge in [0.2, 0.25) is 0 Å². The fourth-order valence-electron chi connectivity index (χ4n) is 2.43. The Morgan fingerprint density at radius 2 is 1.92 bits per heavy atom. The van der Waals surface area contributed by atoms with Gasteiger partial charge in [0.15, 0.2) is 9.84 Å². The minimum atomic E-state index is -3.48. The average molecular weight is 410 g/mol. The van der Waals surface area contributed by atoms with Crippen molar-refractivity contribution < 1.29 is 17.9 Å². The van der Waals surface area contributed by atoms with Gasteiger partial charge in [-0.25, -0.2) is 8.42 Å². The summed E-state index contributed by atoms with van der Waals surface area (Å²) >= 11 is 7.40. The van der Waals surface area contributed by atoms with Gasteiger partial charge < -0.3 is 10.1 Å². The Balaban J connectivity index is 1.64. The second kappa shape index (κ2) is 7.65. The van der Waals surface area contributed by atoms with Crippen molar-refractivity contribution in [2.45, 2.75) is 4.90 Å². The first kappa shape index (κ1) is 18.7. The first-order valence-electron chi connectivity index (χ1n) is 7.74. The van der Waals surface area contributed by atoms with Crippen LogP contribution in [0.1, 0.15) is 9.67 Å². The van der Waals surface area contributed by atoms with Crippen LogP contribution in [0.15, 0.2) is 53.4 Å². The van der Waals surface area contributed by atoms with Gasteiger partial charge in [-0.1, -0.05) is 23.7 Å². The fraction of sp³-hybridized carbons (Fsp3) is 0.167. The molecule has 0 spiro atoms. The van der Waals surface area contributed by atoms with Gasteiger partial charge in [0, 0.05) is 6.54 Å². The van der Waals surface area contributed by atoms with Gasteiger partial charge in [-0.2, -0.15) is 0 Å². The van der Waals surface area contributed by atoms with Gasteiger partial charge in [0.05, 0.1) is 32.4 Å². The normalized spacial score (nSPS) is 11.5. The molecule has 0 aliphatic heterocycles. The van der Waals surface area contributed by atoms with E-state index in [2.05, 4.69) is 5.32 Å². The van der Waals surface area contributed by atoms with Crippen LogP contribution in [-0.4, -0.2) is 33.7 Å². The lowest BCUT2D eigenvalue weighted by Crippen LogP contribution is -2.28. The van der Waals surface area contributed by atoms with E-state index in [1.165, 1.54) is 30.6 Å². The summed E-state index contributed by atoms with van der Waals surface area (Å²) in [5, 5.41) is 4.13. The number of benzene rings is 2. The Morgan fingerprint density at radius 3 is 2.58 bits per heavy atom. The van der Waals surface area contributed by atoms with Crippen LogP contribution in [0.5, 0.6) is 5.75 Å². The number of sulfone groups is 1. The van der Waals surface area contributed by atoms with Gasteiger partial charge in [-0.3, -0.25) is 4.79 Å². The summed E-state index contributed by atoms with van der Waals surface area (Å²) in [6.45, 7) is 0.0230. The van der Waals surface area contributed by atoms with Gasteiger partial charge in [0.25, 0.3) is 5.91 Å². The zero-order valence-corrected chi connectivity index (χ0v) is 16.2. The molecule has 3 aromatic rings. The average Bonchev–Trinajstić information content (AvgIpc) is 3.07. The van der Waals surface area contributed by atoms with Crippen molar-refractivity contribution in [3.05, 3.63) is 58.4 Å². The molecule has 0 aliphatic rings. The summed E-state index contributed by atoms with van der Waals surface area (Å²) in [5.41, 5.74) is 0. The topological polar surface area (TPSA) is 72.5 Å². The standard InChI is InChI=1S/C18H16ClNO4S2/c1-24-13-5-7-14(8-6-13)26(22,23)10-9-20-18(21)16-11-12-3-2-4-15(19)17(12)25-16/h2-8,11H,9-10H2,1H3,(H,20,21). The van der Waals surface area contributed by atoms with Crippen LogP contribution in [0.2, 0.25) is 5.02 Å². The van der Waals surface area contributed by atoms with Crippen LogP contribution in [-0.2, 0) is 9.84 Å². The summed E-state index contributed by atoms with van der Waals surface area (Å²) in [6, 6.07) is 13.4. The monoisotopic (exact) mass is 409 g/mol. The molecule has 2 aromatic carbocycles. The van der Waals surface area contributed by atoms with Crippen molar-refractivity contribution in [3.8, 4) is 5.75 Å². The highest BCUT2D eigenvalue weighted by atomic mass is 35.5. The van der Waals surface area contributed by atoms with Gasteiger partial charge in [-0.15, -0.1) is 11.3 Å². The van der Waals surface area contributed by atoms with E-state index >= 15 is 0 Å². The van der Waals surface area contributed by atoms with Crippen molar-refractivity contribution >= 4 is 48.8 Å². The molecular weight excluding hydrogens is 394 g/mol. The fourth-order valence-corrected chi connectivity index (χ4v) is 4.86. The third-order valence-electron chi connectivity index (χ3n) is 3.79. The number of amides is 1. The van der Waals surface area contributed by atoms with Gasteiger partial charge in [0.1, 0.15) is 5.75 Å². The zero-order valence-electron chi connectivity index (χ0n) is 13.9. The number of methoxy groups -OCH3 is 1. The Bertz CT molecular complexity index is 1040. The Morgan fingerprint density at radius 1 is 1.19 bits per heavy atom. The van der Waals surface area contributed by atoms with Crippen molar-refractivity contribution in [3.63, 3.8) is 0 Å². The Labute approximate surface area is 160 Å². The molecular formula is C18H16ClNO4S2. The van der Waals surface area contributed by atoms with Crippen LogP contribution < -0.4 is 10.1 Å². The number of ether oxygens (including phenoxy) is 1. The highest BCUT2D eigenvalue weighted by molar-refractivity contribution is 7.91. The van der Waals surface area contributed by atoms with Gasteiger partial charge >= 0.3 is 0 Å². The van der Waals surface area contributed by atoms with E-state index in [1.807, 2.05) is 12.1 Å². The minimum absolute atomic E-state index is 0.0230. The molecule has 1 N–H and O–H groups in total. The molecule has 3 rings (SSSR count). The van der Waals surface area contributed by atoms with Crippen LogP contribution in [0.25, 0.3) is 10.1 Å². The predicted molar refractivity (Wildman–Crippen MR) is 104 cm³/mol. The number of fused-ring (bicyclic) bond motifs is 1. The molecule has 1 aromatic heterocycles. The van der Waals surface area contributed by atoms with E-state index in [9.17, 15) is 13.2 Å². The van der Waals surface area contributed by atoms with E-state index in [1.54, 1.807) is 24.3 Å². The number of rotatable bonds is 6. The number of halogens is 1. The molecule has 0 saturated heterocycles. The lowest BCUT2D eigenvalue weighted by molar-refractivity contribution is 0.0960. The number of hydrogen-bond acceptors (Lipinski definition) is 5. The summed E-state index contributed by atoms with van der Waals surface area (Å²) in [6.07, 6.45) is 0. The number of hydrogen-bond donors (Lipinski definition) is 1. The van der Waals surface area contributed by atoms with Crippen LogP contribution >= 0.6 is 22.9 Å². The zero-order chi connectivity index (χ0) is 18.7. The van der Waals surface area contributed by atoms with Crippen molar-refractivity contribution in [1.29, 1.82) is 0 Å². The number of thiophene rings is 1. The number of carbonyl (C=O) groups is 1. The van der Waals surface area contributed by atoms with Crippen molar-refractivity contribution in [2.75, 3.05) is 19.4 Å². The van der Waals surface area contributed by atoms with Crippen molar-refractivity contribution in [2.24, 2.45) is 0 Å². The van der Waals surface area contributed by atoms with Crippen LogP contribution in [0.3, 0.4) is 0 Å². The quantitative estimate of drug-likeness (QED) is 0.672. The molecule has 136 valence electrons. The highest BCUT2D eigenvalue weighted by Gasteiger charge is 2.16. The first-order valence-corrected chi connectivity index (χ1v) is 10.6. The summed E-state index contributed by atoms with van der Waals surface area (Å²) in [5.74, 6) is 0.0874. The molecule has 8 heteroatoms. The SMILES string of the molecule is COc1ccc(S(=O)(=O)CCNC(=O)c2cc3cccc(Cl)c3s2)cc1. The Kier molecular flexibility index (Phi) is 5.50. The third-order valence-corrected chi connectivity index (χ3v) is 7.14. The highest BCUT2D eigenvalue weighted by Crippen LogP contribution is 2.31. The third kappa shape index (κ3) is 4.00. The molecule has 0 atom stereocenters. The van der Waals surface area contributed by atoms with E-state index in [-0.39, 0.29) is 23.1 Å². The smallest absolute Gasteiger partial charge is 0.261 e. The Hall–Kier alpha value is -2.09. The second-order valence-electron chi connectivity index (χ2n) is 5.52. The van der Waals surface area contributed by atoms with Crippen LogP contribution in [0.4, 0.5) is 0 Å². The molecule has 5 nitrogen and oxygen atoms in total. The molecule has 0 radical (unpaired) electrons. The molecule has 0 fully saturated rings. The maximum atomic E-state index is 12.3. The molecule has 0 saturated carbocycles.